The lowest BCUT2D eigenvalue weighted by Crippen LogP contribution is -2.34. The van der Waals surface area contributed by atoms with Gasteiger partial charge in [-0.3, -0.25) is 0 Å². The number of fused-ring (bicyclic) bond motifs is 1. The maximum atomic E-state index is 12.2. The fourth-order valence-electron chi connectivity index (χ4n) is 2.09. The normalized spacial score (nSPS) is 20.1. The van der Waals surface area contributed by atoms with Gasteiger partial charge < -0.3 is 14.7 Å². The number of nitrogens with one attached hydrogen (secondary N) is 3. The number of H-pyrrole nitrogens is 2. The Balaban J connectivity index is 1.95. The van der Waals surface area contributed by atoms with Crippen molar-refractivity contribution in [3.8, 4) is 0 Å². The van der Waals surface area contributed by atoms with Crippen LogP contribution in [-0.4, -0.2) is 37.6 Å². The summed E-state index contributed by atoms with van der Waals surface area (Å²) in [6.07, 6.45) is 0.669. The summed E-state index contributed by atoms with van der Waals surface area (Å²) in [5.41, 5.74) is 0.686. The lowest BCUT2D eigenvalue weighted by Gasteiger charge is -2.11. The minimum atomic E-state index is -3.59. The molecule has 0 radical (unpaired) electrons. The molecule has 8 heteroatoms. The zero-order valence-electron chi connectivity index (χ0n) is 9.97. The summed E-state index contributed by atoms with van der Waals surface area (Å²) >= 11 is 0. The van der Waals surface area contributed by atoms with Crippen LogP contribution in [0.1, 0.15) is 6.42 Å². The third kappa shape index (κ3) is 2.42. The van der Waals surface area contributed by atoms with Crippen LogP contribution >= 0.6 is 0 Å². The van der Waals surface area contributed by atoms with Crippen LogP contribution in [0.5, 0.6) is 0 Å². The first-order valence-electron chi connectivity index (χ1n) is 5.87. The minimum Gasteiger partial charge on any atom is -0.380 e. The third-order valence-electron chi connectivity index (χ3n) is 3.05. The molecule has 1 aliphatic heterocycles. The molecule has 1 aromatic carbocycles. The van der Waals surface area contributed by atoms with Crippen molar-refractivity contribution in [2.75, 3.05) is 13.2 Å². The molecule has 102 valence electrons. The fraction of sp³-hybridized carbons (Fsp3) is 0.364. The number of benzene rings is 1. The van der Waals surface area contributed by atoms with Gasteiger partial charge in [0.15, 0.2) is 0 Å². The summed E-state index contributed by atoms with van der Waals surface area (Å²) in [6, 6.07) is 4.27. The van der Waals surface area contributed by atoms with E-state index in [2.05, 4.69) is 14.7 Å². The summed E-state index contributed by atoms with van der Waals surface area (Å²) in [6.45, 7) is 0.958. The number of ether oxygens (including phenoxy) is 1. The molecule has 2 heterocycles. The van der Waals surface area contributed by atoms with Gasteiger partial charge in [-0.05, 0) is 24.6 Å². The van der Waals surface area contributed by atoms with E-state index in [1.165, 1.54) is 12.1 Å². The first-order chi connectivity index (χ1) is 9.04. The summed E-state index contributed by atoms with van der Waals surface area (Å²) in [4.78, 5) is 16.4. The maximum absolute atomic E-state index is 12.2. The largest absolute Gasteiger partial charge is 0.380 e. The van der Waals surface area contributed by atoms with Crippen molar-refractivity contribution in [3.05, 3.63) is 28.7 Å². The molecule has 19 heavy (non-hydrogen) atoms. The highest BCUT2D eigenvalue weighted by Crippen LogP contribution is 2.16. The first kappa shape index (κ1) is 12.4. The zero-order valence-corrected chi connectivity index (χ0v) is 10.8. The van der Waals surface area contributed by atoms with Gasteiger partial charge in [-0.2, -0.15) is 0 Å². The van der Waals surface area contributed by atoms with Crippen LogP contribution in [0.4, 0.5) is 0 Å². The number of rotatable bonds is 3. The Morgan fingerprint density at radius 2 is 2.05 bits per heavy atom. The third-order valence-corrected chi connectivity index (χ3v) is 4.57. The van der Waals surface area contributed by atoms with Gasteiger partial charge in [-0.15, -0.1) is 0 Å². The second-order valence-electron chi connectivity index (χ2n) is 4.47. The molecule has 0 spiro atoms. The zero-order chi connectivity index (χ0) is 13.5. The van der Waals surface area contributed by atoms with Crippen molar-refractivity contribution in [1.82, 2.24) is 14.7 Å². The molecule has 0 saturated carbocycles. The number of aromatic amines is 2. The number of aromatic nitrogens is 2. The van der Waals surface area contributed by atoms with Gasteiger partial charge in [-0.1, -0.05) is 0 Å². The second kappa shape index (κ2) is 4.48. The summed E-state index contributed by atoms with van der Waals surface area (Å²) in [5.74, 6) is 0. The summed E-state index contributed by atoms with van der Waals surface area (Å²) in [5, 5.41) is 0. The van der Waals surface area contributed by atoms with E-state index in [9.17, 15) is 13.2 Å². The van der Waals surface area contributed by atoms with Crippen LogP contribution in [0.2, 0.25) is 0 Å². The average molecular weight is 283 g/mol. The van der Waals surface area contributed by atoms with E-state index in [0.29, 0.717) is 30.7 Å². The highest BCUT2D eigenvalue weighted by Gasteiger charge is 2.23. The lowest BCUT2D eigenvalue weighted by atomic mass is 10.3. The van der Waals surface area contributed by atoms with Crippen LogP contribution in [0.15, 0.2) is 27.9 Å². The van der Waals surface area contributed by atoms with E-state index in [1.54, 1.807) is 6.07 Å². The molecule has 1 saturated heterocycles. The number of hydrogen-bond donors (Lipinski definition) is 3. The minimum absolute atomic E-state index is 0.127. The van der Waals surface area contributed by atoms with Crippen LogP contribution < -0.4 is 10.4 Å². The van der Waals surface area contributed by atoms with Crippen molar-refractivity contribution >= 4 is 21.1 Å². The Bertz CT molecular complexity index is 756. The van der Waals surface area contributed by atoms with Crippen molar-refractivity contribution in [2.24, 2.45) is 0 Å². The Morgan fingerprint density at radius 3 is 2.79 bits per heavy atom. The summed E-state index contributed by atoms with van der Waals surface area (Å²) in [7, 11) is -3.59. The standard InChI is InChI=1S/C11H13N3O4S/c15-11-12-9-2-1-8(5-10(9)13-11)19(16,17)14-7-3-4-18-6-7/h1-2,5,7,14H,3-4,6H2,(H2,12,13,15). The molecule has 1 aromatic heterocycles. The first-order valence-corrected chi connectivity index (χ1v) is 7.35. The molecule has 0 amide bonds. The predicted octanol–water partition coefficient (Wildman–Crippen LogP) is -0.0766. The Hall–Kier alpha value is -1.64. The van der Waals surface area contributed by atoms with E-state index >= 15 is 0 Å². The average Bonchev–Trinajstić information content (AvgIpc) is 2.95. The second-order valence-corrected chi connectivity index (χ2v) is 6.18. The van der Waals surface area contributed by atoms with Crippen LogP contribution in [0, 0.1) is 0 Å². The number of hydrogen-bond acceptors (Lipinski definition) is 4. The van der Waals surface area contributed by atoms with Crippen LogP contribution in [-0.2, 0) is 14.8 Å². The van der Waals surface area contributed by atoms with Crippen molar-refractivity contribution < 1.29 is 13.2 Å². The van der Waals surface area contributed by atoms with Gasteiger partial charge in [0.1, 0.15) is 0 Å². The van der Waals surface area contributed by atoms with E-state index in [-0.39, 0.29) is 16.6 Å². The van der Waals surface area contributed by atoms with Gasteiger partial charge in [-0.25, -0.2) is 17.9 Å². The van der Waals surface area contributed by atoms with Gasteiger partial charge >= 0.3 is 5.69 Å². The molecule has 2 aromatic rings. The monoisotopic (exact) mass is 283 g/mol. The number of imidazole rings is 1. The van der Waals surface area contributed by atoms with Crippen molar-refractivity contribution in [2.45, 2.75) is 17.4 Å². The SMILES string of the molecule is O=c1[nH]c2ccc(S(=O)(=O)NC3CCOC3)cc2[nH]1. The van der Waals surface area contributed by atoms with Crippen LogP contribution in [0.3, 0.4) is 0 Å². The molecular formula is C11H13N3O4S. The van der Waals surface area contributed by atoms with Gasteiger partial charge in [0.2, 0.25) is 10.0 Å². The molecule has 1 unspecified atom stereocenters. The van der Waals surface area contributed by atoms with Gasteiger partial charge in [0.25, 0.3) is 0 Å². The van der Waals surface area contributed by atoms with Gasteiger partial charge in [0.05, 0.1) is 22.5 Å². The predicted molar refractivity (Wildman–Crippen MR) is 68.5 cm³/mol. The fourth-order valence-corrected chi connectivity index (χ4v) is 3.37. The molecule has 0 bridgehead atoms. The molecule has 1 aliphatic rings. The van der Waals surface area contributed by atoms with Crippen molar-refractivity contribution in [1.29, 1.82) is 0 Å². The molecule has 3 rings (SSSR count). The highest BCUT2D eigenvalue weighted by molar-refractivity contribution is 7.89. The highest BCUT2D eigenvalue weighted by atomic mass is 32.2. The van der Waals surface area contributed by atoms with E-state index in [0.717, 1.165) is 0 Å². The smallest absolute Gasteiger partial charge is 0.323 e. The molecule has 7 nitrogen and oxygen atoms in total. The number of sulfonamides is 1. The quantitative estimate of drug-likeness (QED) is 0.733. The maximum Gasteiger partial charge on any atom is 0.323 e. The topological polar surface area (TPSA) is 104 Å². The molecular weight excluding hydrogens is 270 g/mol. The van der Waals surface area contributed by atoms with Crippen LogP contribution in [0.25, 0.3) is 11.0 Å². The van der Waals surface area contributed by atoms with E-state index < -0.39 is 10.0 Å². The molecule has 0 aliphatic carbocycles. The van der Waals surface area contributed by atoms with Gasteiger partial charge in [0, 0.05) is 12.6 Å². The molecule has 3 N–H and O–H groups in total. The Kier molecular flexibility index (Phi) is 2.92. The van der Waals surface area contributed by atoms with Crippen molar-refractivity contribution in [3.63, 3.8) is 0 Å². The Morgan fingerprint density at radius 1 is 1.26 bits per heavy atom. The Labute approximate surface area is 109 Å². The van der Waals surface area contributed by atoms with E-state index in [1.807, 2.05) is 0 Å². The molecule has 1 atom stereocenters. The molecule has 1 fully saturated rings. The lowest BCUT2D eigenvalue weighted by molar-refractivity contribution is 0.192. The summed E-state index contributed by atoms with van der Waals surface area (Å²) < 4.78 is 32.1. The van der Waals surface area contributed by atoms with E-state index in [4.69, 9.17) is 4.74 Å².